The molecular formula is C19H22ClFN2O4. The van der Waals surface area contributed by atoms with E-state index in [0.29, 0.717) is 17.3 Å². The van der Waals surface area contributed by atoms with Crippen molar-refractivity contribution >= 4 is 17.5 Å². The van der Waals surface area contributed by atoms with Crippen molar-refractivity contribution in [1.82, 2.24) is 5.32 Å². The molecule has 0 aliphatic rings. The fourth-order valence-corrected chi connectivity index (χ4v) is 2.79. The minimum atomic E-state index is -0.612. The van der Waals surface area contributed by atoms with E-state index in [1.54, 1.807) is 24.3 Å². The van der Waals surface area contributed by atoms with E-state index in [1.165, 1.54) is 20.3 Å². The van der Waals surface area contributed by atoms with Crippen LogP contribution in [0.25, 0.3) is 0 Å². The number of nitrogens with one attached hydrogen (secondary N) is 1. The SMILES string of the molecule is COc1ccc(C(C)NCc2cc(Cl)c(OCC(N)=O)c(OC)c2)cc1F. The molecule has 1 atom stereocenters. The Morgan fingerprint density at radius 1 is 1.22 bits per heavy atom. The van der Waals surface area contributed by atoms with Gasteiger partial charge in [0.15, 0.2) is 29.7 Å². The molecular weight excluding hydrogens is 375 g/mol. The van der Waals surface area contributed by atoms with Gasteiger partial charge in [-0.05, 0) is 42.3 Å². The molecule has 0 heterocycles. The quantitative estimate of drug-likeness (QED) is 0.680. The molecule has 0 radical (unpaired) electrons. The Balaban J connectivity index is 2.09. The van der Waals surface area contributed by atoms with Gasteiger partial charge in [-0.1, -0.05) is 17.7 Å². The maximum absolute atomic E-state index is 13.9. The number of nitrogens with two attached hydrogens (primary N) is 1. The lowest BCUT2D eigenvalue weighted by Gasteiger charge is -2.17. The molecule has 27 heavy (non-hydrogen) atoms. The lowest BCUT2D eigenvalue weighted by molar-refractivity contribution is -0.119. The highest BCUT2D eigenvalue weighted by Gasteiger charge is 2.14. The summed E-state index contributed by atoms with van der Waals surface area (Å²) in [5, 5.41) is 3.59. The van der Waals surface area contributed by atoms with E-state index in [1.807, 2.05) is 6.92 Å². The Morgan fingerprint density at radius 2 is 1.93 bits per heavy atom. The van der Waals surface area contributed by atoms with Crippen LogP contribution >= 0.6 is 11.6 Å². The van der Waals surface area contributed by atoms with Gasteiger partial charge in [-0.2, -0.15) is 0 Å². The Kier molecular flexibility index (Phi) is 7.27. The smallest absolute Gasteiger partial charge is 0.255 e. The van der Waals surface area contributed by atoms with Gasteiger partial charge in [0, 0.05) is 12.6 Å². The summed E-state index contributed by atoms with van der Waals surface area (Å²) in [6.45, 7) is 2.08. The van der Waals surface area contributed by atoms with Gasteiger partial charge in [-0.3, -0.25) is 4.79 Å². The number of carbonyl (C=O) groups is 1. The van der Waals surface area contributed by atoms with Crippen molar-refractivity contribution in [2.45, 2.75) is 19.5 Å². The van der Waals surface area contributed by atoms with Crippen molar-refractivity contribution in [3.05, 3.63) is 52.3 Å². The van der Waals surface area contributed by atoms with Crippen LogP contribution in [-0.2, 0) is 11.3 Å². The van der Waals surface area contributed by atoms with Gasteiger partial charge in [-0.25, -0.2) is 4.39 Å². The number of amides is 1. The molecule has 1 amide bonds. The van der Waals surface area contributed by atoms with Crippen LogP contribution in [0.5, 0.6) is 17.2 Å². The molecule has 0 spiro atoms. The molecule has 0 aliphatic carbocycles. The predicted octanol–water partition coefficient (Wildman–Crippen LogP) is 3.21. The zero-order valence-electron chi connectivity index (χ0n) is 15.3. The normalized spacial score (nSPS) is 11.7. The average Bonchev–Trinajstić information content (AvgIpc) is 2.64. The van der Waals surface area contributed by atoms with E-state index < -0.39 is 11.7 Å². The van der Waals surface area contributed by atoms with E-state index in [2.05, 4.69) is 5.32 Å². The average molecular weight is 397 g/mol. The first-order valence-corrected chi connectivity index (χ1v) is 8.57. The lowest BCUT2D eigenvalue weighted by atomic mass is 10.1. The van der Waals surface area contributed by atoms with Crippen LogP contribution in [0.2, 0.25) is 5.02 Å². The van der Waals surface area contributed by atoms with Crippen molar-refractivity contribution in [3.63, 3.8) is 0 Å². The number of ether oxygens (including phenoxy) is 3. The molecule has 6 nitrogen and oxygen atoms in total. The Bertz CT molecular complexity index is 817. The summed E-state index contributed by atoms with van der Waals surface area (Å²) in [5.74, 6) is -0.173. The van der Waals surface area contributed by atoms with E-state index in [-0.39, 0.29) is 24.1 Å². The number of primary amides is 1. The van der Waals surface area contributed by atoms with E-state index in [9.17, 15) is 9.18 Å². The van der Waals surface area contributed by atoms with Crippen molar-refractivity contribution in [2.24, 2.45) is 5.73 Å². The minimum Gasteiger partial charge on any atom is -0.494 e. The number of halogens is 2. The summed E-state index contributed by atoms with van der Waals surface area (Å²) in [4.78, 5) is 10.9. The van der Waals surface area contributed by atoms with Gasteiger partial charge in [0.25, 0.3) is 5.91 Å². The molecule has 0 saturated carbocycles. The molecule has 0 aliphatic heterocycles. The second-order valence-corrected chi connectivity index (χ2v) is 6.27. The summed E-state index contributed by atoms with van der Waals surface area (Å²) in [7, 11) is 2.90. The first-order valence-electron chi connectivity index (χ1n) is 8.20. The highest BCUT2D eigenvalue weighted by atomic mass is 35.5. The van der Waals surface area contributed by atoms with E-state index in [4.69, 9.17) is 31.5 Å². The molecule has 0 saturated heterocycles. The largest absolute Gasteiger partial charge is 0.494 e. The zero-order valence-corrected chi connectivity index (χ0v) is 16.1. The fourth-order valence-electron chi connectivity index (χ4n) is 2.50. The third-order valence-electron chi connectivity index (χ3n) is 3.94. The molecule has 2 aromatic rings. The van der Waals surface area contributed by atoms with Gasteiger partial charge in [0.1, 0.15) is 0 Å². The summed E-state index contributed by atoms with van der Waals surface area (Å²) in [5.41, 5.74) is 6.71. The molecule has 2 aromatic carbocycles. The van der Waals surface area contributed by atoms with Crippen molar-refractivity contribution in [1.29, 1.82) is 0 Å². The highest BCUT2D eigenvalue weighted by molar-refractivity contribution is 6.32. The lowest BCUT2D eigenvalue weighted by Crippen LogP contribution is -2.20. The highest BCUT2D eigenvalue weighted by Crippen LogP contribution is 2.36. The van der Waals surface area contributed by atoms with Gasteiger partial charge >= 0.3 is 0 Å². The Hall–Kier alpha value is -2.51. The maximum Gasteiger partial charge on any atom is 0.255 e. The Labute approximate surface area is 162 Å². The van der Waals surface area contributed by atoms with Crippen LogP contribution in [0.1, 0.15) is 24.1 Å². The predicted molar refractivity (Wildman–Crippen MR) is 101 cm³/mol. The molecule has 2 rings (SSSR count). The summed E-state index contributed by atoms with van der Waals surface area (Å²) < 4.78 is 29.4. The van der Waals surface area contributed by atoms with Crippen molar-refractivity contribution in [3.8, 4) is 17.2 Å². The van der Waals surface area contributed by atoms with Gasteiger partial charge < -0.3 is 25.3 Å². The third-order valence-corrected chi connectivity index (χ3v) is 4.22. The van der Waals surface area contributed by atoms with E-state index in [0.717, 1.165) is 11.1 Å². The number of methoxy groups -OCH3 is 2. The summed E-state index contributed by atoms with van der Waals surface area (Å²) in [6.07, 6.45) is 0. The van der Waals surface area contributed by atoms with Gasteiger partial charge in [-0.15, -0.1) is 0 Å². The Morgan fingerprint density at radius 3 is 2.52 bits per heavy atom. The number of carbonyl (C=O) groups excluding carboxylic acids is 1. The zero-order chi connectivity index (χ0) is 20.0. The van der Waals surface area contributed by atoms with Crippen molar-refractivity contribution in [2.75, 3.05) is 20.8 Å². The summed E-state index contributed by atoms with van der Waals surface area (Å²) >= 11 is 6.23. The molecule has 1 unspecified atom stereocenters. The van der Waals surface area contributed by atoms with Crippen molar-refractivity contribution < 1.29 is 23.4 Å². The van der Waals surface area contributed by atoms with Crippen LogP contribution in [0.3, 0.4) is 0 Å². The van der Waals surface area contributed by atoms with Crippen LogP contribution in [0.4, 0.5) is 4.39 Å². The maximum atomic E-state index is 13.9. The monoisotopic (exact) mass is 396 g/mol. The second-order valence-electron chi connectivity index (χ2n) is 5.86. The number of benzene rings is 2. The van der Waals surface area contributed by atoms with Crippen LogP contribution in [-0.4, -0.2) is 26.7 Å². The third kappa shape index (κ3) is 5.48. The molecule has 0 aromatic heterocycles. The summed E-state index contributed by atoms with van der Waals surface area (Å²) in [6, 6.07) is 8.17. The molecule has 8 heteroatoms. The standard InChI is InChI=1S/C19H22ClFN2O4/c1-11(13-4-5-16(25-2)15(21)8-13)23-9-12-6-14(20)19(17(7-12)26-3)27-10-18(22)24/h4-8,11,23H,9-10H2,1-3H3,(H2,22,24). The molecule has 0 fully saturated rings. The molecule has 146 valence electrons. The van der Waals surface area contributed by atoms with Crippen LogP contribution in [0, 0.1) is 5.82 Å². The van der Waals surface area contributed by atoms with E-state index >= 15 is 0 Å². The van der Waals surface area contributed by atoms with Crippen LogP contribution < -0.4 is 25.3 Å². The van der Waals surface area contributed by atoms with Crippen LogP contribution in [0.15, 0.2) is 30.3 Å². The van der Waals surface area contributed by atoms with Gasteiger partial charge in [0.2, 0.25) is 0 Å². The first kappa shape index (κ1) is 20.8. The second kappa shape index (κ2) is 9.43. The molecule has 0 bridgehead atoms. The number of rotatable bonds is 9. The number of hydrogen-bond donors (Lipinski definition) is 2. The fraction of sp³-hybridized carbons (Fsp3) is 0.316. The number of hydrogen-bond acceptors (Lipinski definition) is 5. The minimum absolute atomic E-state index is 0.110. The first-order chi connectivity index (χ1) is 12.8. The topological polar surface area (TPSA) is 82.8 Å². The van der Waals surface area contributed by atoms with Gasteiger partial charge in [0.05, 0.1) is 19.2 Å². The molecule has 3 N–H and O–H groups in total.